The van der Waals surface area contributed by atoms with E-state index in [9.17, 15) is 23.2 Å². The van der Waals surface area contributed by atoms with Crippen LogP contribution in [0.4, 0.5) is 14.6 Å². The second-order valence-corrected chi connectivity index (χ2v) is 9.81. The Hall–Kier alpha value is -4.25. The van der Waals surface area contributed by atoms with Gasteiger partial charge in [0.25, 0.3) is 5.91 Å². The third kappa shape index (κ3) is 5.69. The van der Waals surface area contributed by atoms with Crippen LogP contribution in [-0.2, 0) is 15.0 Å². The zero-order valence-corrected chi connectivity index (χ0v) is 22.1. The molecule has 2 aromatic carbocycles. The average molecular weight is 571 g/mol. The van der Waals surface area contributed by atoms with E-state index in [1.807, 2.05) is 19.1 Å². The fourth-order valence-electron chi connectivity index (χ4n) is 4.48. The lowest BCUT2D eigenvalue weighted by Gasteiger charge is -2.17. The van der Waals surface area contributed by atoms with Crippen molar-refractivity contribution in [3.63, 3.8) is 0 Å². The third-order valence-corrected chi connectivity index (χ3v) is 6.97. The second-order valence-electron chi connectivity index (χ2n) is 9.55. The number of carbonyl (C=O) groups excluding carboxylic acids is 3. The van der Waals surface area contributed by atoms with Gasteiger partial charge in [0.15, 0.2) is 11.5 Å². The molecule has 0 saturated heterocycles. The van der Waals surface area contributed by atoms with E-state index in [0.29, 0.717) is 41.0 Å². The molecule has 3 aromatic rings. The highest BCUT2D eigenvalue weighted by atomic mass is 35.5. The summed E-state index contributed by atoms with van der Waals surface area (Å²) in [5.41, 5.74) is 2.16. The Balaban J connectivity index is 1.29. The minimum atomic E-state index is -3.73. The van der Waals surface area contributed by atoms with E-state index in [2.05, 4.69) is 30.4 Å². The van der Waals surface area contributed by atoms with Gasteiger partial charge in [-0.1, -0.05) is 24.3 Å². The number of halogens is 3. The Kier molecular flexibility index (Phi) is 7.33. The third-order valence-electron chi connectivity index (χ3n) is 6.73. The van der Waals surface area contributed by atoms with Gasteiger partial charge in [0.2, 0.25) is 11.8 Å². The van der Waals surface area contributed by atoms with Gasteiger partial charge in [-0.2, -0.15) is 0 Å². The number of amides is 3. The van der Waals surface area contributed by atoms with Crippen molar-refractivity contribution in [2.24, 2.45) is 0 Å². The molecule has 0 atom stereocenters. The highest BCUT2D eigenvalue weighted by Gasteiger charge is 2.53. The molecule has 1 aromatic heterocycles. The van der Waals surface area contributed by atoms with Crippen LogP contribution in [0.2, 0.25) is 0 Å². The number of hydrogen-bond donors (Lipinski definition) is 3. The number of alkyl halides is 3. The molecule has 1 saturated carbocycles. The van der Waals surface area contributed by atoms with Crippen molar-refractivity contribution in [2.75, 3.05) is 24.3 Å². The number of ether oxygens (including phenoxy) is 2. The summed E-state index contributed by atoms with van der Waals surface area (Å²) < 4.78 is 35.9. The van der Waals surface area contributed by atoms with Crippen LogP contribution in [0.1, 0.15) is 34.3 Å². The van der Waals surface area contributed by atoms with Gasteiger partial charge in [-0.25, -0.2) is 4.98 Å². The fraction of sp³-hybridized carbons (Fsp3) is 0.286. The van der Waals surface area contributed by atoms with Crippen molar-refractivity contribution < 1.29 is 32.6 Å². The summed E-state index contributed by atoms with van der Waals surface area (Å²) in [6, 6.07) is 14.8. The molecule has 5 rings (SSSR count). The highest BCUT2D eigenvalue weighted by molar-refractivity contribution is 6.27. The van der Waals surface area contributed by atoms with Crippen LogP contribution >= 0.6 is 11.6 Å². The van der Waals surface area contributed by atoms with E-state index < -0.39 is 11.7 Å². The van der Waals surface area contributed by atoms with E-state index in [1.165, 1.54) is 12.1 Å². The van der Waals surface area contributed by atoms with Gasteiger partial charge in [0.05, 0.1) is 11.1 Å². The van der Waals surface area contributed by atoms with Gasteiger partial charge in [-0.05, 0) is 61.2 Å². The highest BCUT2D eigenvalue weighted by Crippen LogP contribution is 2.52. The summed E-state index contributed by atoms with van der Waals surface area (Å²) in [7, 11) is 0. The van der Waals surface area contributed by atoms with Gasteiger partial charge in [0, 0.05) is 24.2 Å². The summed E-state index contributed by atoms with van der Waals surface area (Å²) in [4.78, 5) is 41.8. The first-order valence-corrected chi connectivity index (χ1v) is 13.0. The molecule has 0 spiro atoms. The smallest absolute Gasteiger partial charge is 0.395 e. The Morgan fingerprint density at radius 2 is 1.73 bits per heavy atom. The van der Waals surface area contributed by atoms with Crippen molar-refractivity contribution >= 4 is 35.1 Å². The maximum atomic E-state index is 13.4. The average Bonchev–Trinajstić information content (AvgIpc) is 3.69. The molecule has 2 heterocycles. The predicted octanol–water partition coefficient (Wildman–Crippen LogP) is 4.13. The number of fused-ring (bicyclic) bond motifs is 1. The van der Waals surface area contributed by atoms with E-state index in [0.717, 1.165) is 5.56 Å². The number of aromatic nitrogens is 1. The van der Waals surface area contributed by atoms with Gasteiger partial charge >= 0.3 is 6.29 Å². The number of benzene rings is 2. The van der Waals surface area contributed by atoms with Crippen LogP contribution in [0.15, 0.2) is 54.6 Å². The van der Waals surface area contributed by atoms with Crippen molar-refractivity contribution in [3.05, 3.63) is 71.3 Å². The molecule has 3 amide bonds. The first-order valence-electron chi connectivity index (χ1n) is 12.5. The lowest BCUT2D eigenvalue weighted by molar-refractivity contribution is -0.286. The van der Waals surface area contributed by atoms with Crippen LogP contribution in [0.25, 0.3) is 11.3 Å². The molecule has 1 aliphatic heterocycles. The molecule has 0 unspecified atom stereocenters. The van der Waals surface area contributed by atoms with Crippen LogP contribution in [0.3, 0.4) is 0 Å². The van der Waals surface area contributed by atoms with Crippen molar-refractivity contribution in [1.29, 1.82) is 0 Å². The number of carbonyl (C=O) groups is 3. The first kappa shape index (κ1) is 27.3. The van der Waals surface area contributed by atoms with Crippen LogP contribution in [0.5, 0.6) is 11.5 Å². The second kappa shape index (κ2) is 10.7. The molecule has 0 bridgehead atoms. The zero-order valence-electron chi connectivity index (χ0n) is 21.4. The normalized spacial score (nSPS) is 15.7. The lowest BCUT2D eigenvalue weighted by Crippen LogP contribution is -2.35. The molecular weight excluding hydrogens is 546 g/mol. The van der Waals surface area contributed by atoms with Gasteiger partial charge in [-0.15, -0.1) is 20.4 Å². The summed E-state index contributed by atoms with van der Waals surface area (Å²) in [6.07, 6.45) is -2.65. The van der Waals surface area contributed by atoms with Gasteiger partial charge in [-0.3, -0.25) is 14.4 Å². The summed E-state index contributed by atoms with van der Waals surface area (Å²) in [6.45, 7) is 2.35. The van der Waals surface area contributed by atoms with Crippen LogP contribution in [-0.4, -0.2) is 48.0 Å². The minimum Gasteiger partial charge on any atom is -0.395 e. The van der Waals surface area contributed by atoms with Crippen molar-refractivity contribution in [1.82, 2.24) is 15.6 Å². The number of anilines is 1. The molecule has 208 valence electrons. The Morgan fingerprint density at radius 1 is 0.975 bits per heavy atom. The van der Waals surface area contributed by atoms with Gasteiger partial charge < -0.3 is 25.4 Å². The topological polar surface area (TPSA) is 119 Å². The van der Waals surface area contributed by atoms with E-state index in [1.54, 1.807) is 30.3 Å². The lowest BCUT2D eigenvalue weighted by atomic mass is 9.94. The molecule has 3 N–H and O–H groups in total. The van der Waals surface area contributed by atoms with Gasteiger partial charge in [0.1, 0.15) is 11.7 Å². The number of hydrogen-bond acceptors (Lipinski definition) is 6. The molecule has 40 heavy (non-hydrogen) atoms. The first-order chi connectivity index (χ1) is 19.1. The number of pyridine rings is 1. The van der Waals surface area contributed by atoms with E-state index >= 15 is 0 Å². The van der Waals surface area contributed by atoms with Crippen molar-refractivity contribution in [2.45, 2.75) is 31.5 Å². The molecule has 1 aliphatic carbocycles. The van der Waals surface area contributed by atoms with E-state index in [4.69, 9.17) is 11.6 Å². The van der Waals surface area contributed by atoms with E-state index in [-0.39, 0.29) is 48.2 Å². The summed E-state index contributed by atoms with van der Waals surface area (Å²) in [5, 5.41) is 8.17. The molecule has 0 radical (unpaired) electrons. The standard InChI is InChI=1S/C28H25ClF2N4O5/c1-16-5-8-22(34-24(16)17-3-2-4-18(13-17)25(37)33-12-11-32-23(36)15-29)35-26(38)27(9-10-27)19-6-7-20-21(14-19)40-28(30,31)39-20/h2-8,13-14H,9-12,15H2,1H3,(H,32,36)(H,33,37)(H,34,35,38). The maximum absolute atomic E-state index is 13.4. The van der Waals surface area contributed by atoms with Crippen LogP contribution in [0, 0.1) is 6.92 Å². The summed E-state index contributed by atoms with van der Waals surface area (Å²) in [5.74, 6) is -0.974. The number of nitrogens with zero attached hydrogens (tertiary/aromatic N) is 1. The molecular formula is C28H25ClF2N4O5. The molecule has 9 nitrogen and oxygen atoms in total. The largest absolute Gasteiger partial charge is 0.586 e. The monoisotopic (exact) mass is 570 g/mol. The zero-order chi connectivity index (χ0) is 28.5. The molecule has 12 heteroatoms. The Bertz CT molecular complexity index is 1500. The number of rotatable bonds is 9. The maximum Gasteiger partial charge on any atom is 0.586 e. The Labute approximate surface area is 233 Å². The number of aryl methyl sites for hydroxylation is 1. The Morgan fingerprint density at radius 3 is 2.48 bits per heavy atom. The minimum absolute atomic E-state index is 0.0798. The predicted molar refractivity (Wildman–Crippen MR) is 143 cm³/mol. The molecule has 1 fully saturated rings. The van der Waals surface area contributed by atoms with Crippen molar-refractivity contribution in [3.8, 4) is 22.8 Å². The molecule has 2 aliphatic rings. The number of nitrogens with one attached hydrogen (secondary N) is 3. The quantitative estimate of drug-likeness (QED) is 0.263. The summed E-state index contributed by atoms with van der Waals surface area (Å²) >= 11 is 5.44. The SMILES string of the molecule is Cc1ccc(NC(=O)C2(c3ccc4c(c3)OC(F)(F)O4)CC2)nc1-c1cccc(C(=O)NCCNC(=O)CCl)c1. The van der Waals surface area contributed by atoms with Crippen LogP contribution < -0.4 is 25.4 Å². The fourth-order valence-corrected chi connectivity index (χ4v) is 4.57.